The Hall–Kier alpha value is -2.42. The van der Waals surface area contributed by atoms with Gasteiger partial charge in [0.25, 0.3) is 0 Å². The molecule has 1 N–H and O–H groups in total. The second-order valence-electron chi connectivity index (χ2n) is 5.65. The smallest absolute Gasteiger partial charge is 0.164 e. The molecule has 3 heteroatoms. The molecular formula is C18H14FNO. The lowest BCUT2D eigenvalue weighted by molar-refractivity contribution is 0.0991. The first kappa shape index (κ1) is 12.3. The van der Waals surface area contributed by atoms with Crippen molar-refractivity contribution in [1.29, 1.82) is 0 Å². The Labute approximate surface area is 121 Å². The van der Waals surface area contributed by atoms with Gasteiger partial charge in [0.1, 0.15) is 5.82 Å². The molecule has 1 aliphatic rings. The zero-order valence-electron chi connectivity index (χ0n) is 11.6. The Morgan fingerprint density at radius 2 is 2.05 bits per heavy atom. The number of aryl methyl sites for hydroxylation is 1. The van der Waals surface area contributed by atoms with E-state index in [4.69, 9.17) is 0 Å². The zero-order chi connectivity index (χ0) is 14.6. The number of hydrogen-bond donors (Lipinski definition) is 1. The number of carbonyl (C=O) groups excluding carboxylic acids is 1. The van der Waals surface area contributed by atoms with E-state index in [0.29, 0.717) is 12.0 Å². The summed E-state index contributed by atoms with van der Waals surface area (Å²) in [7, 11) is 0. The lowest BCUT2D eigenvalue weighted by Gasteiger charge is -2.10. The van der Waals surface area contributed by atoms with Crippen LogP contribution in [0.2, 0.25) is 0 Å². The highest BCUT2D eigenvalue weighted by atomic mass is 19.1. The highest BCUT2D eigenvalue weighted by Gasteiger charge is 2.32. The van der Waals surface area contributed by atoms with Crippen LogP contribution in [0.15, 0.2) is 42.6 Å². The molecule has 4 rings (SSSR count). The van der Waals surface area contributed by atoms with Gasteiger partial charge in [-0.05, 0) is 41.8 Å². The summed E-state index contributed by atoms with van der Waals surface area (Å²) in [5.41, 5.74) is 4.80. The lowest BCUT2D eigenvalue weighted by Crippen LogP contribution is -1.96. The quantitative estimate of drug-likeness (QED) is 0.706. The van der Waals surface area contributed by atoms with Crippen LogP contribution in [-0.4, -0.2) is 10.8 Å². The van der Waals surface area contributed by atoms with E-state index in [1.807, 2.05) is 12.3 Å². The molecule has 0 aliphatic heterocycles. The number of aromatic nitrogens is 1. The summed E-state index contributed by atoms with van der Waals surface area (Å²) in [6, 6.07) is 10.6. The Kier molecular flexibility index (Phi) is 2.52. The summed E-state index contributed by atoms with van der Waals surface area (Å²) < 4.78 is 13.6. The molecule has 1 atom stereocenters. The van der Waals surface area contributed by atoms with Gasteiger partial charge in [-0.2, -0.15) is 0 Å². The van der Waals surface area contributed by atoms with Gasteiger partial charge in [0, 0.05) is 35.0 Å². The highest BCUT2D eigenvalue weighted by molar-refractivity contribution is 6.03. The molecule has 0 fully saturated rings. The van der Waals surface area contributed by atoms with Gasteiger partial charge in [-0.1, -0.05) is 18.2 Å². The van der Waals surface area contributed by atoms with Crippen LogP contribution in [-0.2, 0) is 0 Å². The van der Waals surface area contributed by atoms with Gasteiger partial charge in [0.2, 0.25) is 0 Å². The maximum absolute atomic E-state index is 13.6. The minimum absolute atomic E-state index is 0.0567. The molecule has 21 heavy (non-hydrogen) atoms. The molecule has 0 amide bonds. The van der Waals surface area contributed by atoms with E-state index in [-0.39, 0.29) is 17.5 Å². The van der Waals surface area contributed by atoms with Crippen molar-refractivity contribution in [3.63, 3.8) is 0 Å². The van der Waals surface area contributed by atoms with Crippen molar-refractivity contribution in [3.05, 3.63) is 70.7 Å². The number of fused-ring (bicyclic) bond motifs is 2. The van der Waals surface area contributed by atoms with Crippen molar-refractivity contribution >= 4 is 16.7 Å². The average molecular weight is 279 g/mol. The van der Waals surface area contributed by atoms with Crippen LogP contribution >= 0.6 is 0 Å². The maximum Gasteiger partial charge on any atom is 0.164 e. The SMILES string of the molecule is Cc1cccc2c(C3CC(=O)c4ccc(F)cc43)c[nH]c12. The first-order valence-electron chi connectivity index (χ1n) is 7.04. The third-order valence-corrected chi connectivity index (χ3v) is 4.41. The summed E-state index contributed by atoms with van der Waals surface area (Å²) in [5, 5.41) is 1.12. The number of para-hydroxylation sites is 1. The van der Waals surface area contributed by atoms with Crippen molar-refractivity contribution in [2.24, 2.45) is 0 Å². The van der Waals surface area contributed by atoms with Gasteiger partial charge in [0.15, 0.2) is 5.78 Å². The van der Waals surface area contributed by atoms with Crippen molar-refractivity contribution in [3.8, 4) is 0 Å². The fraction of sp³-hybridized carbons (Fsp3) is 0.167. The number of Topliss-reactive ketones (excluding diaryl/α,β-unsaturated/α-hetero) is 1. The van der Waals surface area contributed by atoms with E-state index >= 15 is 0 Å². The summed E-state index contributed by atoms with van der Waals surface area (Å²) >= 11 is 0. The number of carbonyl (C=O) groups is 1. The lowest BCUT2D eigenvalue weighted by atomic mass is 9.92. The second kappa shape index (κ2) is 4.29. The Bertz CT molecular complexity index is 878. The largest absolute Gasteiger partial charge is 0.361 e. The molecular weight excluding hydrogens is 265 g/mol. The minimum Gasteiger partial charge on any atom is -0.361 e. The van der Waals surface area contributed by atoms with Gasteiger partial charge < -0.3 is 4.98 Å². The van der Waals surface area contributed by atoms with Crippen LogP contribution in [0.4, 0.5) is 4.39 Å². The predicted molar refractivity (Wildman–Crippen MR) is 80.2 cm³/mol. The maximum atomic E-state index is 13.6. The number of nitrogens with one attached hydrogen (secondary N) is 1. The molecule has 3 aromatic rings. The van der Waals surface area contributed by atoms with E-state index in [1.165, 1.54) is 17.7 Å². The molecule has 2 aromatic carbocycles. The molecule has 104 valence electrons. The summed E-state index contributed by atoms with van der Waals surface area (Å²) in [4.78, 5) is 15.4. The van der Waals surface area contributed by atoms with Crippen LogP contribution in [0, 0.1) is 12.7 Å². The third kappa shape index (κ3) is 1.74. The second-order valence-corrected chi connectivity index (χ2v) is 5.65. The van der Waals surface area contributed by atoms with Crippen LogP contribution in [0.5, 0.6) is 0 Å². The number of aromatic amines is 1. The van der Waals surface area contributed by atoms with Crippen LogP contribution in [0.25, 0.3) is 10.9 Å². The standard InChI is InChI=1S/C18H14FNO/c1-10-3-2-4-13-16(9-20-18(10)13)15-8-17(21)12-6-5-11(19)7-14(12)15/h2-7,9,15,20H,8H2,1H3. The zero-order valence-corrected chi connectivity index (χ0v) is 11.6. The molecule has 0 saturated heterocycles. The molecule has 2 nitrogen and oxygen atoms in total. The number of H-pyrrole nitrogens is 1. The molecule has 0 spiro atoms. The molecule has 1 heterocycles. The number of halogens is 1. The van der Waals surface area contributed by atoms with Gasteiger partial charge in [-0.3, -0.25) is 4.79 Å². The first-order valence-corrected chi connectivity index (χ1v) is 7.04. The van der Waals surface area contributed by atoms with Crippen LogP contribution < -0.4 is 0 Å². The minimum atomic E-state index is -0.288. The molecule has 0 saturated carbocycles. The topological polar surface area (TPSA) is 32.9 Å². The molecule has 0 bridgehead atoms. The number of ketones is 1. The predicted octanol–water partition coefficient (Wildman–Crippen LogP) is 4.33. The Morgan fingerprint density at radius 3 is 2.90 bits per heavy atom. The van der Waals surface area contributed by atoms with Gasteiger partial charge in [0.05, 0.1) is 0 Å². The number of benzene rings is 2. The van der Waals surface area contributed by atoms with E-state index in [1.54, 1.807) is 6.07 Å². The Balaban J connectivity index is 1.94. The molecule has 1 unspecified atom stereocenters. The van der Waals surface area contributed by atoms with Gasteiger partial charge >= 0.3 is 0 Å². The number of hydrogen-bond acceptors (Lipinski definition) is 1. The van der Waals surface area contributed by atoms with E-state index in [0.717, 1.165) is 22.0 Å². The van der Waals surface area contributed by atoms with Crippen molar-refractivity contribution < 1.29 is 9.18 Å². The highest BCUT2D eigenvalue weighted by Crippen LogP contribution is 2.41. The summed E-state index contributed by atoms with van der Waals surface area (Å²) in [6.45, 7) is 2.05. The average Bonchev–Trinajstić information content (AvgIpc) is 3.01. The first-order chi connectivity index (χ1) is 10.1. The van der Waals surface area contributed by atoms with Crippen molar-refractivity contribution in [2.75, 3.05) is 0 Å². The van der Waals surface area contributed by atoms with Gasteiger partial charge in [-0.15, -0.1) is 0 Å². The summed E-state index contributed by atoms with van der Waals surface area (Å²) in [6.07, 6.45) is 2.37. The van der Waals surface area contributed by atoms with Gasteiger partial charge in [-0.25, -0.2) is 4.39 Å². The van der Waals surface area contributed by atoms with E-state index < -0.39 is 0 Å². The van der Waals surface area contributed by atoms with E-state index in [9.17, 15) is 9.18 Å². The van der Waals surface area contributed by atoms with Crippen molar-refractivity contribution in [1.82, 2.24) is 4.98 Å². The summed E-state index contributed by atoms with van der Waals surface area (Å²) in [5.74, 6) is -0.250. The molecule has 1 aliphatic carbocycles. The van der Waals surface area contributed by atoms with E-state index in [2.05, 4.69) is 24.0 Å². The monoisotopic (exact) mass is 279 g/mol. The fourth-order valence-electron chi connectivity index (χ4n) is 3.37. The molecule has 0 radical (unpaired) electrons. The van der Waals surface area contributed by atoms with Crippen LogP contribution in [0.1, 0.15) is 39.4 Å². The number of rotatable bonds is 1. The third-order valence-electron chi connectivity index (χ3n) is 4.41. The van der Waals surface area contributed by atoms with Crippen LogP contribution in [0.3, 0.4) is 0 Å². The normalized spacial score (nSPS) is 17.4. The Morgan fingerprint density at radius 1 is 1.19 bits per heavy atom. The fourth-order valence-corrected chi connectivity index (χ4v) is 3.37. The molecule has 1 aromatic heterocycles. The van der Waals surface area contributed by atoms with Crippen molar-refractivity contribution in [2.45, 2.75) is 19.3 Å².